The largest absolute Gasteiger partial charge is 0.338 e. The van der Waals surface area contributed by atoms with Crippen LogP contribution in [0, 0.1) is 5.92 Å². The minimum absolute atomic E-state index is 0.0135. The quantitative estimate of drug-likeness (QED) is 0.370. The average Bonchev–Trinajstić information content (AvgIpc) is 3.62. The number of amides is 1. The molecule has 35 heavy (non-hydrogen) atoms. The smallest absolute Gasteiger partial charge is 0.255 e. The standard InChI is InChI=1S/C29H30Cl2N2OS/c30-26-7-3-5-23(27(26)31)28(34)33-17-22(24(18-33)21-9-15-35-19-21)16-32-13-11-29(12-14-32)10-8-20-4-1-2-6-25(20)29/h1-7,9,15,19,22,24H,8,10-14,16-18H2. The van der Waals surface area contributed by atoms with Crippen LogP contribution in [-0.4, -0.2) is 48.4 Å². The van der Waals surface area contributed by atoms with Gasteiger partial charge in [-0.25, -0.2) is 0 Å². The van der Waals surface area contributed by atoms with Crippen molar-refractivity contribution in [2.24, 2.45) is 5.92 Å². The lowest BCUT2D eigenvalue weighted by atomic mass is 9.73. The Labute approximate surface area is 221 Å². The van der Waals surface area contributed by atoms with Crippen LogP contribution in [0.2, 0.25) is 10.0 Å². The first kappa shape index (κ1) is 23.5. The molecule has 1 amide bonds. The molecule has 6 rings (SSSR count). The number of hydrogen-bond acceptors (Lipinski definition) is 3. The molecule has 3 aromatic rings. The van der Waals surface area contributed by atoms with Crippen LogP contribution in [0.25, 0.3) is 0 Å². The Morgan fingerprint density at radius 1 is 1.00 bits per heavy atom. The average molecular weight is 526 g/mol. The molecule has 2 aromatic carbocycles. The molecule has 0 bridgehead atoms. The van der Waals surface area contributed by atoms with Crippen molar-refractivity contribution in [2.75, 3.05) is 32.7 Å². The van der Waals surface area contributed by atoms with Gasteiger partial charge in [0.05, 0.1) is 15.6 Å². The summed E-state index contributed by atoms with van der Waals surface area (Å²) in [6.45, 7) is 4.79. The normalized spacial score (nSPS) is 23.7. The SMILES string of the molecule is O=C(c1cccc(Cl)c1Cl)N1CC(CN2CCC3(CCc4ccccc43)CC2)C(c2ccsc2)C1. The second-order valence-corrected chi connectivity index (χ2v) is 12.0. The number of nitrogens with zero attached hydrogens (tertiary/aromatic N) is 2. The molecule has 2 unspecified atom stereocenters. The number of rotatable bonds is 4. The van der Waals surface area contributed by atoms with Gasteiger partial charge in [0.1, 0.15) is 0 Å². The maximum absolute atomic E-state index is 13.4. The van der Waals surface area contributed by atoms with Crippen LogP contribution >= 0.6 is 34.5 Å². The van der Waals surface area contributed by atoms with E-state index in [1.807, 2.05) is 4.90 Å². The molecule has 3 heterocycles. The highest BCUT2D eigenvalue weighted by molar-refractivity contribution is 7.08. The van der Waals surface area contributed by atoms with Crippen molar-refractivity contribution in [1.29, 1.82) is 0 Å². The van der Waals surface area contributed by atoms with Crippen LogP contribution in [0.15, 0.2) is 59.3 Å². The number of aryl methyl sites for hydroxylation is 1. The third-order valence-corrected chi connectivity index (χ3v) is 10.2. The molecule has 0 radical (unpaired) electrons. The summed E-state index contributed by atoms with van der Waals surface area (Å²) in [4.78, 5) is 18.1. The van der Waals surface area contributed by atoms with Crippen LogP contribution in [0.3, 0.4) is 0 Å². The van der Waals surface area contributed by atoms with E-state index in [-0.39, 0.29) is 5.91 Å². The Kier molecular flexibility index (Phi) is 6.42. The predicted molar refractivity (Wildman–Crippen MR) is 145 cm³/mol. The van der Waals surface area contributed by atoms with Crippen molar-refractivity contribution in [3.05, 3.63) is 91.6 Å². The first-order valence-electron chi connectivity index (χ1n) is 12.6. The Hall–Kier alpha value is -1.85. The van der Waals surface area contributed by atoms with Gasteiger partial charge < -0.3 is 9.80 Å². The fourth-order valence-corrected chi connectivity index (χ4v) is 7.81. The Morgan fingerprint density at radius 3 is 2.63 bits per heavy atom. The topological polar surface area (TPSA) is 23.6 Å². The van der Waals surface area contributed by atoms with Gasteiger partial charge in [0.2, 0.25) is 0 Å². The number of benzene rings is 2. The third kappa shape index (κ3) is 4.33. The van der Waals surface area contributed by atoms with Gasteiger partial charge in [-0.05, 0) is 95.8 Å². The highest BCUT2D eigenvalue weighted by Crippen LogP contribution is 2.46. The molecule has 6 heteroatoms. The van der Waals surface area contributed by atoms with Crippen molar-refractivity contribution < 1.29 is 4.79 Å². The molecule has 2 fully saturated rings. The van der Waals surface area contributed by atoms with E-state index >= 15 is 0 Å². The van der Waals surface area contributed by atoms with Gasteiger partial charge in [-0.1, -0.05) is 53.5 Å². The van der Waals surface area contributed by atoms with E-state index < -0.39 is 0 Å². The van der Waals surface area contributed by atoms with Gasteiger partial charge in [0.15, 0.2) is 0 Å². The van der Waals surface area contributed by atoms with Gasteiger partial charge in [-0.3, -0.25) is 4.79 Å². The maximum atomic E-state index is 13.4. The van der Waals surface area contributed by atoms with Crippen LogP contribution in [-0.2, 0) is 11.8 Å². The lowest BCUT2D eigenvalue weighted by Crippen LogP contribution is -2.44. The number of thiophene rings is 1. The van der Waals surface area contributed by atoms with E-state index in [1.165, 1.54) is 31.2 Å². The summed E-state index contributed by atoms with van der Waals surface area (Å²) < 4.78 is 0. The van der Waals surface area contributed by atoms with Crippen molar-refractivity contribution in [3.8, 4) is 0 Å². The molecular formula is C29H30Cl2N2OS. The Balaban J connectivity index is 1.17. The number of carbonyl (C=O) groups excluding carboxylic acids is 1. The van der Waals surface area contributed by atoms with E-state index in [0.29, 0.717) is 32.9 Å². The second-order valence-electron chi connectivity index (χ2n) is 10.5. The molecule has 0 saturated carbocycles. The lowest BCUT2D eigenvalue weighted by Gasteiger charge is -2.41. The second kappa shape index (κ2) is 9.55. The molecule has 1 aliphatic carbocycles. The molecule has 2 saturated heterocycles. The molecule has 182 valence electrons. The minimum atomic E-state index is -0.0135. The van der Waals surface area contributed by atoms with E-state index in [2.05, 4.69) is 46.0 Å². The van der Waals surface area contributed by atoms with Gasteiger partial charge >= 0.3 is 0 Å². The number of carbonyl (C=O) groups is 1. The molecule has 0 N–H and O–H groups in total. The monoisotopic (exact) mass is 524 g/mol. The van der Waals surface area contributed by atoms with Crippen molar-refractivity contribution in [3.63, 3.8) is 0 Å². The lowest BCUT2D eigenvalue weighted by molar-refractivity contribution is 0.0779. The fourth-order valence-electron chi connectivity index (χ4n) is 6.70. The summed E-state index contributed by atoms with van der Waals surface area (Å²) in [5.74, 6) is 0.753. The molecule has 1 spiro atoms. The summed E-state index contributed by atoms with van der Waals surface area (Å²) >= 11 is 14.3. The number of likely N-dealkylation sites (tertiary alicyclic amines) is 2. The van der Waals surface area contributed by atoms with Gasteiger partial charge in [0, 0.05) is 25.6 Å². The van der Waals surface area contributed by atoms with Crippen LogP contribution < -0.4 is 0 Å². The maximum Gasteiger partial charge on any atom is 0.255 e. The summed E-state index contributed by atoms with van der Waals surface area (Å²) in [5, 5.41) is 5.18. The minimum Gasteiger partial charge on any atom is -0.338 e. The first-order chi connectivity index (χ1) is 17.0. The van der Waals surface area contributed by atoms with Crippen molar-refractivity contribution >= 4 is 40.4 Å². The molecule has 2 atom stereocenters. The summed E-state index contributed by atoms with van der Waals surface area (Å²) in [7, 11) is 0. The Bertz CT molecular complexity index is 1220. The number of hydrogen-bond donors (Lipinski definition) is 0. The van der Waals surface area contributed by atoms with Crippen molar-refractivity contribution in [2.45, 2.75) is 37.0 Å². The highest BCUT2D eigenvalue weighted by atomic mass is 35.5. The van der Waals surface area contributed by atoms with E-state index in [9.17, 15) is 4.79 Å². The molecular weight excluding hydrogens is 495 g/mol. The number of halogens is 2. The zero-order chi connectivity index (χ0) is 24.0. The van der Waals surface area contributed by atoms with E-state index in [4.69, 9.17) is 23.2 Å². The number of fused-ring (bicyclic) bond motifs is 2. The summed E-state index contributed by atoms with van der Waals surface area (Å²) in [6, 6.07) is 16.6. The van der Waals surface area contributed by atoms with Crippen LogP contribution in [0.1, 0.15) is 52.2 Å². The van der Waals surface area contributed by atoms with Crippen LogP contribution in [0.4, 0.5) is 0 Å². The molecule has 3 aliphatic rings. The van der Waals surface area contributed by atoms with Gasteiger partial charge in [0.25, 0.3) is 5.91 Å². The summed E-state index contributed by atoms with van der Waals surface area (Å²) in [5.41, 5.74) is 5.39. The van der Waals surface area contributed by atoms with E-state index in [0.717, 1.165) is 32.7 Å². The van der Waals surface area contributed by atoms with Gasteiger partial charge in [-0.15, -0.1) is 0 Å². The zero-order valence-electron chi connectivity index (χ0n) is 19.8. The zero-order valence-corrected chi connectivity index (χ0v) is 22.1. The summed E-state index contributed by atoms with van der Waals surface area (Å²) in [6.07, 6.45) is 4.99. The van der Waals surface area contributed by atoms with Gasteiger partial charge in [-0.2, -0.15) is 11.3 Å². The van der Waals surface area contributed by atoms with Crippen LogP contribution in [0.5, 0.6) is 0 Å². The van der Waals surface area contributed by atoms with Crippen molar-refractivity contribution in [1.82, 2.24) is 9.80 Å². The molecule has 1 aromatic heterocycles. The predicted octanol–water partition coefficient (Wildman–Crippen LogP) is 6.89. The third-order valence-electron chi connectivity index (χ3n) is 8.65. The molecule has 2 aliphatic heterocycles. The Morgan fingerprint density at radius 2 is 1.83 bits per heavy atom. The number of piperidine rings is 1. The first-order valence-corrected chi connectivity index (χ1v) is 14.3. The highest BCUT2D eigenvalue weighted by Gasteiger charge is 2.43. The van der Waals surface area contributed by atoms with E-state index in [1.54, 1.807) is 40.7 Å². The molecule has 3 nitrogen and oxygen atoms in total. The fraction of sp³-hybridized carbons (Fsp3) is 0.414.